The molecular weight excluding hydrogens is 434 g/mol. The van der Waals surface area contributed by atoms with Crippen molar-refractivity contribution in [3.63, 3.8) is 0 Å². The van der Waals surface area contributed by atoms with Crippen LogP contribution in [0, 0.1) is 0 Å². The van der Waals surface area contributed by atoms with Gasteiger partial charge in [-0.25, -0.2) is 9.50 Å². The third-order valence-electron chi connectivity index (χ3n) is 5.40. The van der Waals surface area contributed by atoms with Crippen LogP contribution in [-0.4, -0.2) is 21.7 Å². The molecule has 0 saturated heterocycles. The smallest absolute Gasteiger partial charge is 0.163 e. The van der Waals surface area contributed by atoms with E-state index < -0.39 is 0 Å². The Balaban J connectivity index is 1.49. The van der Waals surface area contributed by atoms with Crippen LogP contribution in [0.1, 0.15) is 11.3 Å². The van der Waals surface area contributed by atoms with E-state index in [0.29, 0.717) is 18.2 Å². The molecule has 0 aliphatic carbocycles. The molecule has 0 amide bonds. The number of rotatable bonds is 7. The maximum atomic E-state index is 6.10. The lowest BCUT2D eigenvalue weighted by Crippen LogP contribution is -1.97. The third kappa shape index (κ3) is 4.46. The molecule has 5 rings (SSSR count). The van der Waals surface area contributed by atoms with Gasteiger partial charge in [0.1, 0.15) is 12.4 Å². The molecule has 0 bridgehead atoms. The number of methoxy groups -OCH3 is 1. The number of ether oxygens (including phenoxy) is 2. The minimum Gasteiger partial charge on any atom is -0.489 e. The van der Waals surface area contributed by atoms with Crippen LogP contribution >= 0.6 is 11.6 Å². The molecule has 0 radical (unpaired) electrons. The quantitative estimate of drug-likeness (QED) is 0.283. The number of hydrogen-bond acceptors (Lipinski definition) is 4. The Labute approximate surface area is 197 Å². The molecule has 0 unspecified atom stereocenters. The van der Waals surface area contributed by atoms with Crippen LogP contribution in [0.5, 0.6) is 5.75 Å². The molecule has 0 fully saturated rings. The second-order valence-electron chi connectivity index (χ2n) is 7.63. The first-order valence-corrected chi connectivity index (χ1v) is 11.0. The normalized spacial score (nSPS) is 11.1. The van der Waals surface area contributed by atoms with E-state index in [4.69, 9.17) is 26.2 Å². The van der Waals surface area contributed by atoms with Gasteiger partial charge in [0, 0.05) is 23.9 Å². The number of benzene rings is 3. The van der Waals surface area contributed by atoms with Crippen LogP contribution < -0.4 is 4.74 Å². The largest absolute Gasteiger partial charge is 0.489 e. The van der Waals surface area contributed by atoms with Crippen molar-refractivity contribution in [2.45, 2.75) is 13.2 Å². The zero-order valence-corrected chi connectivity index (χ0v) is 18.9. The Morgan fingerprint density at radius 3 is 2.27 bits per heavy atom. The van der Waals surface area contributed by atoms with E-state index in [-0.39, 0.29) is 0 Å². The van der Waals surface area contributed by atoms with E-state index >= 15 is 0 Å². The van der Waals surface area contributed by atoms with Crippen LogP contribution in [-0.2, 0) is 18.0 Å². The standard InChI is InChI=1S/C27H22ClN3O2/c1-32-18-24-26(21-7-11-22(28)12-8-21)27-29-16-15-25(31(27)30-24)20-9-13-23(14-10-20)33-17-19-5-3-2-4-6-19/h2-16H,17-18H2,1H3. The summed E-state index contributed by atoms with van der Waals surface area (Å²) in [6.07, 6.45) is 1.81. The molecule has 5 aromatic rings. The highest BCUT2D eigenvalue weighted by Crippen LogP contribution is 2.32. The molecule has 0 atom stereocenters. The minimum atomic E-state index is 0.382. The summed E-state index contributed by atoms with van der Waals surface area (Å²) >= 11 is 6.10. The molecule has 2 aromatic heterocycles. The van der Waals surface area contributed by atoms with Crippen molar-refractivity contribution >= 4 is 17.2 Å². The number of aromatic nitrogens is 3. The SMILES string of the molecule is COCc1nn2c(-c3ccc(OCc4ccccc4)cc3)ccnc2c1-c1ccc(Cl)cc1. The first-order valence-electron chi connectivity index (χ1n) is 10.6. The molecule has 0 aliphatic rings. The summed E-state index contributed by atoms with van der Waals surface area (Å²) in [5.74, 6) is 0.815. The fourth-order valence-electron chi connectivity index (χ4n) is 3.82. The van der Waals surface area contributed by atoms with Crippen LogP contribution in [0.25, 0.3) is 28.0 Å². The molecule has 0 aliphatic heterocycles. The highest BCUT2D eigenvalue weighted by Gasteiger charge is 2.18. The zero-order valence-electron chi connectivity index (χ0n) is 18.1. The lowest BCUT2D eigenvalue weighted by atomic mass is 10.1. The first-order chi connectivity index (χ1) is 16.2. The van der Waals surface area contributed by atoms with Gasteiger partial charge in [0.05, 0.1) is 23.6 Å². The summed E-state index contributed by atoms with van der Waals surface area (Å²) in [7, 11) is 1.66. The van der Waals surface area contributed by atoms with Gasteiger partial charge in [-0.1, -0.05) is 54.1 Å². The lowest BCUT2D eigenvalue weighted by Gasteiger charge is -2.09. The Morgan fingerprint density at radius 1 is 0.818 bits per heavy atom. The van der Waals surface area contributed by atoms with Gasteiger partial charge < -0.3 is 9.47 Å². The van der Waals surface area contributed by atoms with Gasteiger partial charge in [0.25, 0.3) is 0 Å². The highest BCUT2D eigenvalue weighted by atomic mass is 35.5. The number of nitrogens with zero attached hydrogens (tertiary/aromatic N) is 3. The van der Waals surface area contributed by atoms with Crippen molar-refractivity contribution in [3.8, 4) is 28.1 Å². The van der Waals surface area contributed by atoms with Crippen molar-refractivity contribution in [2.75, 3.05) is 7.11 Å². The number of halogens is 1. The van der Waals surface area contributed by atoms with Crippen LogP contribution in [0.3, 0.4) is 0 Å². The number of fused-ring (bicyclic) bond motifs is 1. The van der Waals surface area contributed by atoms with Crippen molar-refractivity contribution in [2.24, 2.45) is 0 Å². The molecule has 164 valence electrons. The molecule has 0 spiro atoms. The summed E-state index contributed by atoms with van der Waals surface area (Å²) in [4.78, 5) is 4.64. The van der Waals surface area contributed by atoms with Crippen LogP contribution in [0.15, 0.2) is 91.1 Å². The Hall–Kier alpha value is -3.67. The summed E-state index contributed by atoms with van der Waals surface area (Å²) in [5, 5.41) is 5.53. The van der Waals surface area contributed by atoms with Gasteiger partial charge in [-0.2, -0.15) is 5.10 Å². The van der Waals surface area contributed by atoms with E-state index in [9.17, 15) is 0 Å². The molecule has 33 heavy (non-hydrogen) atoms. The Morgan fingerprint density at radius 2 is 1.55 bits per heavy atom. The summed E-state index contributed by atoms with van der Waals surface area (Å²) in [6, 6.07) is 27.8. The lowest BCUT2D eigenvalue weighted by molar-refractivity contribution is 0.181. The summed E-state index contributed by atoms with van der Waals surface area (Å²) < 4.78 is 13.2. The zero-order chi connectivity index (χ0) is 22.6. The Bertz CT molecular complexity index is 1360. The monoisotopic (exact) mass is 455 g/mol. The van der Waals surface area contributed by atoms with Crippen molar-refractivity contribution in [3.05, 3.63) is 107 Å². The van der Waals surface area contributed by atoms with E-state index in [2.05, 4.69) is 17.1 Å². The topological polar surface area (TPSA) is 48.7 Å². The van der Waals surface area contributed by atoms with E-state index in [0.717, 1.165) is 45.0 Å². The van der Waals surface area contributed by atoms with Crippen LogP contribution in [0.2, 0.25) is 5.02 Å². The molecule has 0 saturated carbocycles. The molecule has 0 N–H and O–H groups in total. The van der Waals surface area contributed by atoms with E-state index in [1.54, 1.807) is 7.11 Å². The second kappa shape index (κ2) is 9.45. The number of hydrogen-bond donors (Lipinski definition) is 0. The maximum Gasteiger partial charge on any atom is 0.163 e. The van der Waals surface area contributed by atoms with Gasteiger partial charge in [-0.05, 0) is 53.6 Å². The molecule has 5 nitrogen and oxygen atoms in total. The fourth-order valence-corrected chi connectivity index (χ4v) is 3.95. The van der Waals surface area contributed by atoms with Crippen molar-refractivity contribution < 1.29 is 9.47 Å². The van der Waals surface area contributed by atoms with Crippen LogP contribution in [0.4, 0.5) is 0 Å². The average molecular weight is 456 g/mol. The van der Waals surface area contributed by atoms with Gasteiger partial charge >= 0.3 is 0 Å². The first kappa shape index (κ1) is 21.2. The third-order valence-corrected chi connectivity index (χ3v) is 5.66. The molecule has 6 heteroatoms. The van der Waals surface area contributed by atoms with Gasteiger partial charge in [0.15, 0.2) is 5.65 Å². The molecule has 3 aromatic carbocycles. The molecular formula is C27H22ClN3O2. The summed E-state index contributed by atoms with van der Waals surface area (Å²) in [5.41, 5.74) is 6.62. The highest BCUT2D eigenvalue weighted by molar-refractivity contribution is 6.30. The predicted molar refractivity (Wildman–Crippen MR) is 130 cm³/mol. The maximum absolute atomic E-state index is 6.10. The summed E-state index contributed by atoms with van der Waals surface area (Å²) in [6.45, 7) is 0.913. The minimum absolute atomic E-state index is 0.382. The fraction of sp³-hybridized carbons (Fsp3) is 0.111. The predicted octanol–water partition coefficient (Wildman–Crippen LogP) is 6.44. The second-order valence-corrected chi connectivity index (χ2v) is 8.06. The van der Waals surface area contributed by atoms with Crippen molar-refractivity contribution in [1.82, 2.24) is 14.6 Å². The van der Waals surface area contributed by atoms with Gasteiger partial charge in [-0.3, -0.25) is 0 Å². The average Bonchev–Trinajstić information content (AvgIpc) is 3.23. The van der Waals surface area contributed by atoms with E-state index in [1.807, 2.05) is 83.5 Å². The Kier molecular flexibility index (Phi) is 6.07. The van der Waals surface area contributed by atoms with E-state index in [1.165, 1.54) is 0 Å². The molecule has 2 heterocycles. The van der Waals surface area contributed by atoms with Gasteiger partial charge in [-0.15, -0.1) is 0 Å². The van der Waals surface area contributed by atoms with Gasteiger partial charge in [0.2, 0.25) is 0 Å². The van der Waals surface area contributed by atoms with Crippen molar-refractivity contribution in [1.29, 1.82) is 0 Å².